The van der Waals surface area contributed by atoms with Gasteiger partial charge in [0.25, 0.3) is 12.3 Å². The third-order valence-corrected chi connectivity index (χ3v) is 2.63. The number of halogens is 3. The van der Waals surface area contributed by atoms with Gasteiger partial charge in [-0.15, -0.1) is 0 Å². The molecule has 1 atom stereocenters. The topological polar surface area (TPSA) is 84.2 Å². The summed E-state index contributed by atoms with van der Waals surface area (Å²) in [6.07, 6.45) is -2.03. The Morgan fingerprint density at radius 1 is 1.43 bits per heavy atom. The number of carbonyl (C=O) groups excluding carboxylic acids is 1. The van der Waals surface area contributed by atoms with E-state index in [1.165, 1.54) is 0 Å². The molecule has 118 valence electrons. The molecule has 0 bridgehead atoms. The number of hydrogen-bond acceptors (Lipinski definition) is 3. The molecule has 0 radical (unpaired) electrons. The van der Waals surface area contributed by atoms with Gasteiger partial charge in [0.15, 0.2) is 6.04 Å². The van der Waals surface area contributed by atoms with E-state index in [2.05, 4.69) is 5.10 Å². The van der Waals surface area contributed by atoms with Crippen LogP contribution in [0.15, 0.2) is 6.20 Å². The number of nitrogens with one attached hydrogen (secondary N) is 1. The highest BCUT2D eigenvalue weighted by Crippen LogP contribution is 2.23. The molecule has 0 saturated carbocycles. The van der Waals surface area contributed by atoms with Crippen molar-refractivity contribution >= 4 is 11.9 Å². The maximum absolute atomic E-state index is 13.1. The fourth-order valence-corrected chi connectivity index (χ4v) is 1.69. The largest absolute Gasteiger partial charge is 0.480 e. The molecule has 1 aromatic rings. The van der Waals surface area contributed by atoms with Crippen molar-refractivity contribution in [1.82, 2.24) is 15.1 Å². The van der Waals surface area contributed by atoms with E-state index >= 15 is 0 Å². The number of alkyl halides is 3. The molecule has 0 fully saturated rings. The monoisotopic (exact) mass is 307 g/mol. The summed E-state index contributed by atoms with van der Waals surface area (Å²) >= 11 is 0. The van der Waals surface area contributed by atoms with Crippen LogP contribution in [0.1, 0.15) is 36.3 Å². The Bertz CT molecular complexity index is 517. The van der Waals surface area contributed by atoms with Gasteiger partial charge in [-0.3, -0.25) is 9.48 Å². The first kappa shape index (κ1) is 17.0. The van der Waals surface area contributed by atoms with Crippen LogP contribution in [0.3, 0.4) is 0 Å². The molecule has 1 unspecified atom stereocenters. The highest BCUT2D eigenvalue weighted by Gasteiger charge is 2.28. The van der Waals surface area contributed by atoms with E-state index < -0.39 is 42.3 Å². The van der Waals surface area contributed by atoms with Gasteiger partial charge >= 0.3 is 5.97 Å². The number of carboxylic acid groups (broad SMARTS) is 1. The van der Waals surface area contributed by atoms with Crippen LogP contribution in [0.4, 0.5) is 13.2 Å². The van der Waals surface area contributed by atoms with Crippen LogP contribution in [0.25, 0.3) is 0 Å². The molecular weight excluding hydrogens is 291 g/mol. The molecule has 0 aliphatic carbocycles. The maximum atomic E-state index is 13.1. The molecule has 1 amide bonds. The van der Waals surface area contributed by atoms with Crippen molar-refractivity contribution in [1.29, 1.82) is 0 Å². The van der Waals surface area contributed by atoms with Gasteiger partial charge in [-0.05, 0) is 5.92 Å². The van der Waals surface area contributed by atoms with Crippen molar-refractivity contribution in [2.45, 2.75) is 32.9 Å². The summed E-state index contributed by atoms with van der Waals surface area (Å²) in [5.74, 6) is -2.65. The van der Waals surface area contributed by atoms with Crippen molar-refractivity contribution in [3.05, 3.63) is 17.5 Å². The summed E-state index contributed by atoms with van der Waals surface area (Å²) in [6.45, 7) is 2.42. The Labute approximate surface area is 118 Å². The van der Waals surface area contributed by atoms with E-state index in [4.69, 9.17) is 5.11 Å². The van der Waals surface area contributed by atoms with E-state index in [0.717, 1.165) is 10.9 Å². The smallest absolute Gasteiger partial charge is 0.328 e. The molecule has 0 aliphatic heterocycles. The Morgan fingerprint density at radius 3 is 2.48 bits per heavy atom. The molecule has 1 aromatic heterocycles. The van der Waals surface area contributed by atoms with Gasteiger partial charge in [-0.2, -0.15) is 5.10 Å². The molecule has 0 aromatic carbocycles. The van der Waals surface area contributed by atoms with Crippen LogP contribution in [0, 0.1) is 5.92 Å². The summed E-state index contributed by atoms with van der Waals surface area (Å²) in [5.41, 5.74) is -1.06. The summed E-state index contributed by atoms with van der Waals surface area (Å²) in [7, 11) is 0. The van der Waals surface area contributed by atoms with Gasteiger partial charge in [0.05, 0.1) is 11.8 Å². The number of aliphatic carboxylic acids is 1. The van der Waals surface area contributed by atoms with Crippen LogP contribution in [0.2, 0.25) is 0 Å². The number of amides is 1. The zero-order valence-electron chi connectivity index (χ0n) is 11.5. The second kappa shape index (κ2) is 7.09. The second-order valence-electron chi connectivity index (χ2n) is 4.84. The molecular formula is C12H16F3N3O3. The number of rotatable bonds is 7. The highest BCUT2D eigenvalue weighted by atomic mass is 19.3. The first-order valence-electron chi connectivity index (χ1n) is 6.21. The fourth-order valence-electron chi connectivity index (χ4n) is 1.69. The van der Waals surface area contributed by atoms with Crippen LogP contribution >= 0.6 is 0 Å². The van der Waals surface area contributed by atoms with Crippen LogP contribution in [-0.2, 0) is 11.3 Å². The summed E-state index contributed by atoms with van der Waals surface area (Å²) in [6, 6.07) is -1.78. The first-order chi connectivity index (χ1) is 9.77. The van der Waals surface area contributed by atoms with Gasteiger partial charge in [0, 0.05) is 6.54 Å². The third kappa shape index (κ3) is 4.20. The van der Waals surface area contributed by atoms with Crippen molar-refractivity contribution in [2.24, 2.45) is 5.92 Å². The van der Waals surface area contributed by atoms with E-state index in [1.54, 1.807) is 13.8 Å². The SMILES string of the molecule is CC(C)Cn1ncc(C(=O)NC(CF)C(=O)O)c1C(F)F. The van der Waals surface area contributed by atoms with Crippen molar-refractivity contribution in [3.63, 3.8) is 0 Å². The predicted octanol–water partition coefficient (Wildman–Crippen LogP) is 1.63. The normalized spacial score (nSPS) is 12.7. The van der Waals surface area contributed by atoms with E-state index in [1.807, 2.05) is 5.32 Å². The lowest BCUT2D eigenvalue weighted by Gasteiger charge is -2.13. The van der Waals surface area contributed by atoms with E-state index in [-0.39, 0.29) is 12.5 Å². The van der Waals surface area contributed by atoms with Crippen LogP contribution < -0.4 is 5.32 Å². The zero-order valence-corrected chi connectivity index (χ0v) is 11.5. The number of hydrogen-bond donors (Lipinski definition) is 2. The molecule has 0 spiro atoms. The molecule has 0 aliphatic rings. The van der Waals surface area contributed by atoms with E-state index in [0.29, 0.717) is 0 Å². The maximum Gasteiger partial charge on any atom is 0.328 e. The minimum atomic E-state index is -2.96. The highest BCUT2D eigenvalue weighted by molar-refractivity contribution is 5.97. The van der Waals surface area contributed by atoms with Crippen LogP contribution in [-0.4, -0.2) is 39.5 Å². The Hall–Kier alpha value is -2.06. The van der Waals surface area contributed by atoms with Gasteiger partial charge in [-0.25, -0.2) is 18.0 Å². The molecule has 9 heteroatoms. The third-order valence-electron chi connectivity index (χ3n) is 2.63. The molecule has 1 rings (SSSR count). The quantitative estimate of drug-likeness (QED) is 0.802. The van der Waals surface area contributed by atoms with Crippen LogP contribution in [0.5, 0.6) is 0 Å². The Balaban J connectivity index is 3.04. The summed E-state index contributed by atoms with van der Waals surface area (Å²) in [5, 5.41) is 14.2. The number of nitrogens with zero attached hydrogens (tertiary/aromatic N) is 2. The lowest BCUT2D eigenvalue weighted by Crippen LogP contribution is -2.42. The molecule has 2 N–H and O–H groups in total. The summed E-state index contributed by atoms with van der Waals surface area (Å²) < 4.78 is 39.6. The Kier molecular flexibility index (Phi) is 5.74. The average molecular weight is 307 g/mol. The minimum Gasteiger partial charge on any atom is -0.480 e. The number of aromatic nitrogens is 2. The number of carbonyl (C=O) groups is 2. The molecule has 6 nitrogen and oxygen atoms in total. The predicted molar refractivity (Wildman–Crippen MR) is 66.9 cm³/mol. The number of carboxylic acids is 1. The molecule has 0 saturated heterocycles. The summed E-state index contributed by atoms with van der Waals surface area (Å²) in [4.78, 5) is 22.5. The van der Waals surface area contributed by atoms with Crippen molar-refractivity contribution in [3.8, 4) is 0 Å². The lowest BCUT2D eigenvalue weighted by molar-refractivity contribution is -0.139. The zero-order chi connectivity index (χ0) is 16.2. The lowest BCUT2D eigenvalue weighted by atomic mass is 10.2. The van der Waals surface area contributed by atoms with Gasteiger partial charge in [0.1, 0.15) is 12.4 Å². The van der Waals surface area contributed by atoms with Gasteiger partial charge in [0.2, 0.25) is 0 Å². The van der Waals surface area contributed by atoms with Gasteiger partial charge < -0.3 is 10.4 Å². The standard InChI is InChI=1S/C12H16F3N3O3/c1-6(2)5-18-9(10(14)15)7(4-16-18)11(19)17-8(3-13)12(20)21/h4,6,8,10H,3,5H2,1-2H3,(H,17,19)(H,20,21). The Morgan fingerprint density at radius 2 is 2.05 bits per heavy atom. The second-order valence-corrected chi connectivity index (χ2v) is 4.84. The first-order valence-corrected chi connectivity index (χ1v) is 6.21. The van der Waals surface area contributed by atoms with E-state index in [9.17, 15) is 22.8 Å². The average Bonchev–Trinajstić information content (AvgIpc) is 2.78. The molecule has 1 heterocycles. The van der Waals surface area contributed by atoms with Gasteiger partial charge in [-0.1, -0.05) is 13.8 Å². The fraction of sp³-hybridized carbons (Fsp3) is 0.583. The minimum absolute atomic E-state index is 0.0240. The van der Waals surface area contributed by atoms with Crippen molar-refractivity contribution < 1.29 is 27.9 Å². The molecule has 21 heavy (non-hydrogen) atoms. The van der Waals surface area contributed by atoms with Crippen molar-refractivity contribution in [2.75, 3.05) is 6.67 Å².